The van der Waals surface area contributed by atoms with E-state index in [4.69, 9.17) is 16.7 Å². The fourth-order valence-electron chi connectivity index (χ4n) is 1.68. The molecule has 1 aromatic rings. The smallest absolute Gasteiger partial charge is 0.288 e. The van der Waals surface area contributed by atoms with Crippen LogP contribution in [0.15, 0.2) is 18.2 Å². The highest BCUT2D eigenvalue weighted by Crippen LogP contribution is 2.25. The van der Waals surface area contributed by atoms with Gasteiger partial charge < -0.3 is 10.4 Å². The van der Waals surface area contributed by atoms with Gasteiger partial charge in [-0.25, -0.2) is 0 Å². The zero-order chi connectivity index (χ0) is 13.5. The van der Waals surface area contributed by atoms with E-state index in [2.05, 4.69) is 5.32 Å². The minimum Gasteiger partial charge on any atom is -0.396 e. The van der Waals surface area contributed by atoms with E-state index in [-0.39, 0.29) is 23.4 Å². The maximum atomic E-state index is 10.7. The average Bonchev–Trinajstić information content (AvgIpc) is 2.35. The number of nitrogens with zero attached hydrogens (tertiary/aromatic N) is 1. The van der Waals surface area contributed by atoms with Crippen molar-refractivity contribution >= 4 is 17.3 Å². The standard InChI is InChI=1S/C12H17ClN2O3/c1-2-10(5-6-16)14-8-9-3-4-11(13)12(7-9)15(17)18/h3-4,7,10,14,16H,2,5-6,8H2,1H3. The summed E-state index contributed by atoms with van der Waals surface area (Å²) in [7, 11) is 0. The Morgan fingerprint density at radius 3 is 2.83 bits per heavy atom. The lowest BCUT2D eigenvalue weighted by Crippen LogP contribution is -2.28. The normalized spacial score (nSPS) is 12.4. The van der Waals surface area contributed by atoms with Crippen molar-refractivity contribution in [3.63, 3.8) is 0 Å². The van der Waals surface area contributed by atoms with Crippen LogP contribution in [0.5, 0.6) is 0 Å². The largest absolute Gasteiger partial charge is 0.396 e. The lowest BCUT2D eigenvalue weighted by Gasteiger charge is -2.15. The molecule has 0 spiro atoms. The Kier molecular flexibility index (Phi) is 6.04. The Morgan fingerprint density at radius 1 is 1.56 bits per heavy atom. The molecule has 0 aliphatic heterocycles. The van der Waals surface area contributed by atoms with Crippen molar-refractivity contribution in [2.45, 2.75) is 32.4 Å². The highest BCUT2D eigenvalue weighted by atomic mass is 35.5. The molecule has 100 valence electrons. The Labute approximate surface area is 111 Å². The molecule has 5 nitrogen and oxygen atoms in total. The van der Waals surface area contributed by atoms with Crippen LogP contribution in [0.4, 0.5) is 5.69 Å². The first kappa shape index (κ1) is 14.9. The van der Waals surface area contributed by atoms with E-state index in [1.807, 2.05) is 6.92 Å². The van der Waals surface area contributed by atoms with E-state index < -0.39 is 4.92 Å². The van der Waals surface area contributed by atoms with E-state index in [0.717, 1.165) is 12.0 Å². The van der Waals surface area contributed by atoms with Crippen molar-refractivity contribution in [3.8, 4) is 0 Å². The summed E-state index contributed by atoms with van der Waals surface area (Å²) in [5, 5.41) is 23.0. The molecular formula is C12H17ClN2O3. The van der Waals surface area contributed by atoms with Gasteiger partial charge in [-0.05, 0) is 24.5 Å². The van der Waals surface area contributed by atoms with E-state index in [9.17, 15) is 10.1 Å². The molecule has 0 aliphatic carbocycles. The van der Waals surface area contributed by atoms with Crippen molar-refractivity contribution in [1.29, 1.82) is 0 Å². The van der Waals surface area contributed by atoms with Crippen molar-refractivity contribution < 1.29 is 10.0 Å². The molecule has 0 aliphatic rings. The molecule has 1 rings (SSSR count). The molecule has 0 bridgehead atoms. The van der Waals surface area contributed by atoms with Crippen LogP contribution < -0.4 is 5.32 Å². The summed E-state index contributed by atoms with van der Waals surface area (Å²) < 4.78 is 0. The fraction of sp³-hybridized carbons (Fsp3) is 0.500. The summed E-state index contributed by atoms with van der Waals surface area (Å²) in [4.78, 5) is 10.2. The van der Waals surface area contributed by atoms with Gasteiger partial charge in [-0.3, -0.25) is 10.1 Å². The molecule has 1 aromatic carbocycles. The first-order valence-corrected chi connectivity index (χ1v) is 6.23. The maximum Gasteiger partial charge on any atom is 0.288 e. The van der Waals surface area contributed by atoms with Crippen LogP contribution in [0.2, 0.25) is 5.02 Å². The van der Waals surface area contributed by atoms with Gasteiger partial charge in [0.25, 0.3) is 5.69 Å². The van der Waals surface area contributed by atoms with Gasteiger partial charge in [0.1, 0.15) is 5.02 Å². The van der Waals surface area contributed by atoms with Crippen molar-refractivity contribution in [3.05, 3.63) is 38.9 Å². The molecule has 0 saturated heterocycles. The Morgan fingerprint density at radius 2 is 2.28 bits per heavy atom. The number of benzene rings is 1. The summed E-state index contributed by atoms with van der Waals surface area (Å²) in [5.41, 5.74) is 0.730. The highest BCUT2D eigenvalue weighted by Gasteiger charge is 2.13. The predicted octanol–water partition coefficient (Wildman–Crippen LogP) is 2.50. The molecule has 0 aromatic heterocycles. The van der Waals surface area contributed by atoms with Crippen LogP contribution in [0.3, 0.4) is 0 Å². The third-order valence-corrected chi connectivity index (χ3v) is 3.09. The predicted molar refractivity (Wildman–Crippen MR) is 70.7 cm³/mol. The quantitative estimate of drug-likeness (QED) is 0.591. The summed E-state index contributed by atoms with van der Waals surface area (Å²) >= 11 is 5.74. The van der Waals surface area contributed by atoms with Gasteiger partial charge in [-0.15, -0.1) is 0 Å². The first-order chi connectivity index (χ1) is 8.58. The second kappa shape index (κ2) is 7.31. The van der Waals surface area contributed by atoms with Gasteiger partial charge >= 0.3 is 0 Å². The van der Waals surface area contributed by atoms with Crippen LogP contribution in [0, 0.1) is 10.1 Å². The third-order valence-electron chi connectivity index (χ3n) is 2.77. The maximum absolute atomic E-state index is 10.7. The molecule has 0 heterocycles. The van der Waals surface area contributed by atoms with Gasteiger partial charge in [0, 0.05) is 25.3 Å². The highest BCUT2D eigenvalue weighted by molar-refractivity contribution is 6.32. The first-order valence-electron chi connectivity index (χ1n) is 5.85. The molecule has 6 heteroatoms. The number of halogens is 1. The topological polar surface area (TPSA) is 75.4 Å². The summed E-state index contributed by atoms with van der Waals surface area (Å²) in [5.74, 6) is 0. The summed E-state index contributed by atoms with van der Waals surface area (Å²) in [6.45, 7) is 2.68. The van der Waals surface area contributed by atoms with Crippen LogP contribution in [-0.4, -0.2) is 22.7 Å². The molecule has 0 amide bonds. The van der Waals surface area contributed by atoms with Crippen LogP contribution in [0.25, 0.3) is 0 Å². The van der Waals surface area contributed by atoms with E-state index in [1.165, 1.54) is 12.1 Å². The van der Waals surface area contributed by atoms with E-state index in [1.54, 1.807) is 6.07 Å². The van der Waals surface area contributed by atoms with Gasteiger partial charge in [-0.1, -0.05) is 24.6 Å². The van der Waals surface area contributed by atoms with E-state index >= 15 is 0 Å². The number of nitro benzene ring substituents is 1. The Bertz CT molecular complexity index is 412. The zero-order valence-corrected chi connectivity index (χ0v) is 11.0. The number of rotatable bonds is 7. The summed E-state index contributed by atoms with van der Waals surface area (Å²) in [6.07, 6.45) is 1.57. The lowest BCUT2D eigenvalue weighted by atomic mass is 10.1. The number of hydrogen-bond donors (Lipinski definition) is 2. The van der Waals surface area contributed by atoms with Crippen molar-refractivity contribution in [2.75, 3.05) is 6.61 Å². The zero-order valence-electron chi connectivity index (χ0n) is 10.2. The van der Waals surface area contributed by atoms with Gasteiger partial charge in [0.05, 0.1) is 4.92 Å². The minimum absolute atomic E-state index is 0.0776. The number of aliphatic hydroxyl groups is 1. The molecular weight excluding hydrogens is 256 g/mol. The van der Waals surface area contributed by atoms with Gasteiger partial charge in [0.2, 0.25) is 0 Å². The second-order valence-electron chi connectivity index (χ2n) is 4.04. The van der Waals surface area contributed by atoms with E-state index in [0.29, 0.717) is 13.0 Å². The molecule has 1 unspecified atom stereocenters. The Balaban J connectivity index is 2.67. The fourth-order valence-corrected chi connectivity index (χ4v) is 1.86. The molecule has 18 heavy (non-hydrogen) atoms. The second-order valence-corrected chi connectivity index (χ2v) is 4.45. The van der Waals surface area contributed by atoms with Crippen molar-refractivity contribution in [1.82, 2.24) is 5.32 Å². The number of aliphatic hydroxyl groups excluding tert-OH is 1. The summed E-state index contributed by atoms with van der Waals surface area (Å²) in [6, 6.07) is 4.98. The van der Waals surface area contributed by atoms with Gasteiger partial charge in [-0.2, -0.15) is 0 Å². The van der Waals surface area contributed by atoms with Crippen LogP contribution >= 0.6 is 11.6 Å². The SMILES string of the molecule is CCC(CCO)NCc1ccc(Cl)c([N+](=O)[O-])c1. The third kappa shape index (κ3) is 4.25. The number of nitrogens with one attached hydrogen (secondary N) is 1. The average molecular weight is 273 g/mol. The minimum atomic E-state index is -0.489. The van der Waals surface area contributed by atoms with Gasteiger partial charge in [0.15, 0.2) is 0 Å². The number of nitro groups is 1. The lowest BCUT2D eigenvalue weighted by molar-refractivity contribution is -0.384. The van der Waals surface area contributed by atoms with Crippen LogP contribution in [-0.2, 0) is 6.54 Å². The monoisotopic (exact) mass is 272 g/mol. The molecule has 2 N–H and O–H groups in total. The Hall–Kier alpha value is -1.17. The van der Waals surface area contributed by atoms with Crippen molar-refractivity contribution in [2.24, 2.45) is 0 Å². The number of hydrogen-bond acceptors (Lipinski definition) is 4. The molecule has 0 radical (unpaired) electrons. The van der Waals surface area contributed by atoms with Crippen LogP contribution in [0.1, 0.15) is 25.3 Å². The molecule has 0 saturated carbocycles. The molecule has 0 fully saturated rings. The molecule has 1 atom stereocenters.